The summed E-state index contributed by atoms with van der Waals surface area (Å²) in [7, 11) is 0. The minimum atomic E-state index is -1.01. The molecule has 0 aromatic heterocycles. The maximum absolute atomic E-state index is 12.2. The van der Waals surface area contributed by atoms with E-state index in [1.54, 1.807) is 12.1 Å². The molecule has 2 rings (SSSR count). The van der Waals surface area contributed by atoms with Crippen molar-refractivity contribution in [1.82, 2.24) is 5.32 Å². The number of hydrogen-bond acceptors (Lipinski definition) is 3. The molecule has 1 aromatic carbocycles. The number of carboxylic acids is 1. The van der Waals surface area contributed by atoms with Gasteiger partial charge >= 0.3 is 12.0 Å². The highest BCUT2D eigenvalue weighted by molar-refractivity contribution is 5.93. The van der Waals surface area contributed by atoms with Gasteiger partial charge in [0.1, 0.15) is 0 Å². The number of anilines is 1. The van der Waals surface area contributed by atoms with Crippen LogP contribution in [0.3, 0.4) is 0 Å². The zero-order chi connectivity index (χ0) is 15.2. The van der Waals surface area contributed by atoms with Gasteiger partial charge in [0.2, 0.25) is 0 Å². The van der Waals surface area contributed by atoms with E-state index in [1.807, 2.05) is 0 Å². The normalized spacial score (nSPS) is 14.3. The number of hydrogen-bond donors (Lipinski definition) is 3. The third kappa shape index (κ3) is 3.95. The standard InChI is InChI=1S/C15H20N2O4/c18-9-8-17(15(21)16-10-11-2-1-3-11)13-6-4-12(5-7-13)14(19)20/h4-7,11,18H,1-3,8-10H2,(H,16,21)(H,19,20). The van der Waals surface area contributed by atoms with E-state index < -0.39 is 5.97 Å². The van der Waals surface area contributed by atoms with Crippen LogP contribution in [-0.2, 0) is 0 Å². The molecule has 21 heavy (non-hydrogen) atoms. The van der Waals surface area contributed by atoms with Gasteiger partial charge in [-0.15, -0.1) is 0 Å². The molecule has 6 nitrogen and oxygen atoms in total. The number of carbonyl (C=O) groups excluding carboxylic acids is 1. The maximum atomic E-state index is 12.2. The number of amides is 2. The summed E-state index contributed by atoms with van der Waals surface area (Å²) in [5, 5.41) is 20.8. The molecule has 0 unspecified atom stereocenters. The number of carbonyl (C=O) groups is 2. The Morgan fingerprint density at radius 2 is 1.90 bits per heavy atom. The fourth-order valence-electron chi connectivity index (χ4n) is 2.26. The summed E-state index contributed by atoms with van der Waals surface area (Å²) in [6, 6.07) is 5.77. The van der Waals surface area contributed by atoms with Crippen LogP contribution < -0.4 is 10.2 Å². The summed E-state index contributed by atoms with van der Waals surface area (Å²) in [5.41, 5.74) is 0.734. The van der Waals surface area contributed by atoms with Crippen molar-refractivity contribution in [3.63, 3.8) is 0 Å². The fraction of sp³-hybridized carbons (Fsp3) is 0.467. The van der Waals surface area contributed by atoms with Crippen molar-refractivity contribution in [3.05, 3.63) is 29.8 Å². The molecule has 1 aliphatic rings. The Kier molecular flexibility index (Phi) is 5.16. The predicted molar refractivity (Wildman–Crippen MR) is 78.6 cm³/mol. The van der Waals surface area contributed by atoms with Gasteiger partial charge < -0.3 is 15.5 Å². The van der Waals surface area contributed by atoms with Gasteiger partial charge in [0.05, 0.1) is 18.7 Å². The molecule has 0 aliphatic heterocycles. The summed E-state index contributed by atoms with van der Waals surface area (Å²) < 4.78 is 0. The zero-order valence-corrected chi connectivity index (χ0v) is 11.8. The highest BCUT2D eigenvalue weighted by Crippen LogP contribution is 2.25. The van der Waals surface area contributed by atoms with Gasteiger partial charge in [-0.1, -0.05) is 6.42 Å². The van der Waals surface area contributed by atoms with E-state index in [-0.39, 0.29) is 24.7 Å². The van der Waals surface area contributed by atoms with Crippen molar-refractivity contribution in [2.75, 3.05) is 24.6 Å². The van der Waals surface area contributed by atoms with Crippen LogP contribution >= 0.6 is 0 Å². The van der Waals surface area contributed by atoms with Crippen LogP contribution in [0.4, 0.5) is 10.5 Å². The number of nitrogens with one attached hydrogen (secondary N) is 1. The molecule has 114 valence electrons. The first-order chi connectivity index (χ1) is 10.1. The average molecular weight is 292 g/mol. The van der Waals surface area contributed by atoms with E-state index >= 15 is 0 Å². The minimum Gasteiger partial charge on any atom is -0.478 e. The van der Waals surface area contributed by atoms with E-state index in [1.165, 1.54) is 23.5 Å². The van der Waals surface area contributed by atoms with Crippen LogP contribution in [0, 0.1) is 5.92 Å². The van der Waals surface area contributed by atoms with Crippen LogP contribution in [0.5, 0.6) is 0 Å². The minimum absolute atomic E-state index is 0.155. The van der Waals surface area contributed by atoms with Gasteiger partial charge in [0.25, 0.3) is 0 Å². The molecule has 0 radical (unpaired) electrons. The lowest BCUT2D eigenvalue weighted by Gasteiger charge is -2.28. The summed E-state index contributed by atoms with van der Waals surface area (Å²) in [5.74, 6) is -0.455. The second kappa shape index (κ2) is 7.08. The Morgan fingerprint density at radius 3 is 2.38 bits per heavy atom. The molecular formula is C15H20N2O4. The van der Waals surface area contributed by atoms with E-state index in [0.717, 1.165) is 12.8 Å². The van der Waals surface area contributed by atoms with Crippen molar-refractivity contribution in [2.45, 2.75) is 19.3 Å². The number of carboxylic acid groups (broad SMARTS) is 1. The number of aliphatic hydroxyl groups excluding tert-OH is 1. The molecule has 1 saturated carbocycles. The Morgan fingerprint density at radius 1 is 1.24 bits per heavy atom. The maximum Gasteiger partial charge on any atom is 0.335 e. The molecule has 3 N–H and O–H groups in total. The monoisotopic (exact) mass is 292 g/mol. The van der Waals surface area contributed by atoms with Crippen molar-refractivity contribution in [2.24, 2.45) is 5.92 Å². The molecule has 0 heterocycles. The Balaban J connectivity index is 2.01. The molecule has 2 amide bonds. The number of rotatable bonds is 6. The Labute approximate surface area is 123 Å². The van der Waals surface area contributed by atoms with Gasteiger partial charge in [-0.2, -0.15) is 0 Å². The van der Waals surface area contributed by atoms with Crippen molar-refractivity contribution in [1.29, 1.82) is 0 Å². The summed E-state index contributed by atoms with van der Waals surface area (Å²) in [6.07, 6.45) is 3.51. The van der Waals surface area contributed by atoms with Gasteiger partial charge in [0, 0.05) is 12.2 Å². The molecule has 0 bridgehead atoms. The third-order valence-corrected chi connectivity index (χ3v) is 3.76. The molecular weight excluding hydrogens is 272 g/mol. The topological polar surface area (TPSA) is 89.9 Å². The van der Waals surface area contributed by atoms with Crippen LogP contribution in [-0.4, -0.2) is 41.9 Å². The third-order valence-electron chi connectivity index (χ3n) is 3.76. The summed E-state index contributed by atoms with van der Waals surface area (Å²) in [4.78, 5) is 24.4. The van der Waals surface area contributed by atoms with Gasteiger partial charge in [-0.25, -0.2) is 9.59 Å². The number of benzene rings is 1. The van der Waals surface area contributed by atoms with Crippen LogP contribution in [0.15, 0.2) is 24.3 Å². The van der Waals surface area contributed by atoms with E-state index in [0.29, 0.717) is 18.2 Å². The largest absolute Gasteiger partial charge is 0.478 e. The molecule has 0 spiro atoms. The first-order valence-electron chi connectivity index (χ1n) is 7.11. The predicted octanol–water partition coefficient (Wildman–Crippen LogP) is 1.69. The second-order valence-electron chi connectivity index (χ2n) is 5.21. The SMILES string of the molecule is O=C(O)c1ccc(N(CCO)C(=O)NCC2CCC2)cc1. The van der Waals surface area contributed by atoms with Crippen molar-refractivity contribution >= 4 is 17.7 Å². The number of aliphatic hydroxyl groups is 1. The first kappa shape index (κ1) is 15.3. The van der Waals surface area contributed by atoms with E-state index in [9.17, 15) is 9.59 Å². The Bertz CT molecular complexity index is 497. The summed E-state index contributed by atoms with van der Waals surface area (Å²) in [6.45, 7) is 0.661. The number of aromatic carboxylic acids is 1. The van der Waals surface area contributed by atoms with E-state index in [2.05, 4.69) is 5.32 Å². The fourth-order valence-corrected chi connectivity index (χ4v) is 2.26. The van der Waals surface area contributed by atoms with Crippen molar-refractivity contribution < 1.29 is 19.8 Å². The average Bonchev–Trinajstić information content (AvgIpc) is 2.43. The van der Waals surface area contributed by atoms with Gasteiger partial charge in [0.15, 0.2) is 0 Å². The van der Waals surface area contributed by atoms with Crippen LogP contribution in [0.2, 0.25) is 0 Å². The Hall–Kier alpha value is -2.08. The molecule has 0 atom stereocenters. The lowest BCUT2D eigenvalue weighted by molar-refractivity contribution is 0.0697. The molecule has 1 aromatic rings. The van der Waals surface area contributed by atoms with Gasteiger partial charge in [-0.05, 0) is 43.0 Å². The molecule has 0 saturated heterocycles. The van der Waals surface area contributed by atoms with E-state index in [4.69, 9.17) is 10.2 Å². The summed E-state index contributed by atoms with van der Waals surface area (Å²) >= 11 is 0. The lowest BCUT2D eigenvalue weighted by atomic mass is 9.85. The smallest absolute Gasteiger partial charge is 0.335 e. The highest BCUT2D eigenvalue weighted by Gasteiger charge is 2.20. The zero-order valence-electron chi connectivity index (χ0n) is 11.8. The number of urea groups is 1. The van der Waals surface area contributed by atoms with Gasteiger partial charge in [-0.3, -0.25) is 4.90 Å². The molecule has 1 aliphatic carbocycles. The van der Waals surface area contributed by atoms with Crippen molar-refractivity contribution in [3.8, 4) is 0 Å². The highest BCUT2D eigenvalue weighted by atomic mass is 16.4. The second-order valence-corrected chi connectivity index (χ2v) is 5.21. The quantitative estimate of drug-likeness (QED) is 0.744. The molecule has 6 heteroatoms. The lowest BCUT2D eigenvalue weighted by Crippen LogP contribution is -2.44. The molecule has 1 fully saturated rings. The van der Waals surface area contributed by atoms with Crippen LogP contribution in [0.1, 0.15) is 29.6 Å². The van der Waals surface area contributed by atoms with Crippen LogP contribution in [0.25, 0.3) is 0 Å². The number of nitrogens with zero attached hydrogens (tertiary/aromatic N) is 1. The first-order valence-corrected chi connectivity index (χ1v) is 7.11.